The second-order valence-corrected chi connectivity index (χ2v) is 4.42. The van der Waals surface area contributed by atoms with E-state index in [9.17, 15) is 5.11 Å². The average molecular weight is 260 g/mol. The van der Waals surface area contributed by atoms with Crippen molar-refractivity contribution in [3.63, 3.8) is 0 Å². The number of aryl methyl sites for hydroxylation is 1. The molecule has 0 aliphatic heterocycles. The van der Waals surface area contributed by atoms with Crippen LogP contribution in [0.2, 0.25) is 0 Å². The fraction of sp³-hybridized carbons (Fsp3) is 0.400. The largest absolute Gasteiger partial charge is 0.494 e. The van der Waals surface area contributed by atoms with Crippen molar-refractivity contribution < 1.29 is 9.84 Å². The summed E-state index contributed by atoms with van der Waals surface area (Å²) in [6.07, 6.45) is 3.77. The second-order valence-electron chi connectivity index (χ2n) is 4.42. The molecule has 0 radical (unpaired) electrons. The molecule has 0 spiro atoms. The maximum atomic E-state index is 10.4. The van der Waals surface area contributed by atoms with Gasteiger partial charge in [-0.3, -0.25) is 0 Å². The normalized spacial score (nSPS) is 12.4. The Bertz CT molecular complexity index is 505. The lowest BCUT2D eigenvalue weighted by Crippen LogP contribution is -2.07. The van der Waals surface area contributed by atoms with Crippen LogP contribution in [0.5, 0.6) is 5.75 Å². The molecule has 0 fully saturated rings. The van der Waals surface area contributed by atoms with Gasteiger partial charge in [-0.2, -0.15) is 0 Å². The molecule has 0 aliphatic carbocycles. The van der Waals surface area contributed by atoms with E-state index in [2.05, 4.69) is 11.9 Å². The van der Waals surface area contributed by atoms with Crippen molar-refractivity contribution in [1.29, 1.82) is 0 Å². The predicted molar refractivity (Wildman–Crippen MR) is 74.2 cm³/mol. The van der Waals surface area contributed by atoms with Crippen molar-refractivity contribution in [2.24, 2.45) is 0 Å². The van der Waals surface area contributed by atoms with E-state index in [1.807, 2.05) is 35.8 Å². The quantitative estimate of drug-likeness (QED) is 0.868. The van der Waals surface area contributed by atoms with Crippen LogP contribution in [-0.2, 0) is 6.54 Å². The zero-order valence-corrected chi connectivity index (χ0v) is 11.4. The van der Waals surface area contributed by atoms with E-state index in [1.54, 1.807) is 12.5 Å². The summed E-state index contributed by atoms with van der Waals surface area (Å²) < 4.78 is 7.46. The number of benzene rings is 1. The van der Waals surface area contributed by atoms with Gasteiger partial charge >= 0.3 is 0 Å². The minimum absolute atomic E-state index is 0.650. The Morgan fingerprint density at radius 3 is 2.63 bits per heavy atom. The van der Waals surface area contributed by atoms with Gasteiger partial charge in [-0.1, -0.05) is 19.1 Å². The molecule has 0 saturated carbocycles. The Hall–Kier alpha value is -1.81. The monoisotopic (exact) mass is 260 g/mol. The van der Waals surface area contributed by atoms with Gasteiger partial charge in [0.2, 0.25) is 0 Å². The maximum absolute atomic E-state index is 10.4. The number of aliphatic hydroxyl groups excluding tert-OH is 1. The zero-order valence-electron chi connectivity index (χ0n) is 11.4. The third-order valence-corrected chi connectivity index (χ3v) is 3.03. The summed E-state index contributed by atoms with van der Waals surface area (Å²) >= 11 is 0. The molecule has 2 aromatic rings. The third kappa shape index (κ3) is 3.15. The van der Waals surface area contributed by atoms with Gasteiger partial charge in [0, 0.05) is 6.54 Å². The van der Waals surface area contributed by atoms with Gasteiger partial charge in [0.15, 0.2) is 0 Å². The van der Waals surface area contributed by atoms with Gasteiger partial charge in [0.25, 0.3) is 0 Å². The fourth-order valence-corrected chi connectivity index (χ4v) is 1.96. The standard InChI is InChI=1S/C15H20N2O2/c1-3-9-19-13-7-5-12(6-8-13)15(18)14-10-16-11-17(14)4-2/h5-8,10-11,15,18H,3-4,9H2,1-2H3. The first-order valence-corrected chi connectivity index (χ1v) is 6.67. The molecule has 4 nitrogen and oxygen atoms in total. The van der Waals surface area contributed by atoms with E-state index >= 15 is 0 Å². The first kappa shape index (κ1) is 13.6. The molecule has 0 aliphatic rings. The number of aliphatic hydroxyl groups is 1. The van der Waals surface area contributed by atoms with E-state index in [4.69, 9.17) is 4.74 Å². The van der Waals surface area contributed by atoms with Gasteiger partial charge in [-0.25, -0.2) is 4.98 Å². The topological polar surface area (TPSA) is 47.3 Å². The van der Waals surface area contributed by atoms with Crippen LogP contribution in [0, 0.1) is 0 Å². The second kappa shape index (κ2) is 6.38. The predicted octanol–water partition coefficient (Wildman–Crippen LogP) is 2.77. The number of imidazole rings is 1. The molecule has 1 aromatic heterocycles. The van der Waals surface area contributed by atoms with Crippen LogP contribution in [0.4, 0.5) is 0 Å². The number of ether oxygens (including phenoxy) is 1. The van der Waals surface area contributed by atoms with Crippen molar-refractivity contribution in [3.8, 4) is 5.75 Å². The smallest absolute Gasteiger partial charge is 0.121 e. The van der Waals surface area contributed by atoms with E-state index in [0.29, 0.717) is 6.61 Å². The molecule has 1 aromatic carbocycles. The molecule has 1 heterocycles. The van der Waals surface area contributed by atoms with Crippen molar-refractivity contribution in [2.75, 3.05) is 6.61 Å². The Balaban J connectivity index is 2.13. The Kier molecular flexibility index (Phi) is 4.58. The molecule has 0 saturated heterocycles. The number of rotatable bonds is 6. The van der Waals surface area contributed by atoms with Gasteiger partial charge in [0.1, 0.15) is 11.9 Å². The molecule has 1 unspecified atom stereocenters. The van der Waals surface area contributed by atoms with Gasteiger partial charge < -0.3 is 14.4 Å². The zero-order chi connectivity index (χ0) is 13.7. The highest BCUT2D eigenvalue weighted by molar-refractivity contribution is 5.31. The Morgan fingerprint density at radius 1 is 1.26 bits per heavy atom. The Labute approximate surface area is 113 Å². The average Bonchev–Trinajstić information content (AvgIpc) is 2.93. The molecule has 0 bridgehead atoms. The van der Waals surface area contributed by atoms with E-state index in [-0.39, 0.29) is 0 Å². The lowest BCUT2D eigenvalue weighted by molar-refractivity contribution is 0.210. The number of hydrogen-bond acceptors (Lipinski definition) is 3. The molecule has 19 heavy (non-hydrogen) atoms. The number of hydrogen-bond donors (Lipinski definition) is 1. The van der Waals surface area contributed by atoms with Gasteiger partial charge in [-0.15, -0.1) is 0 Å². The minimum Gasteiger partial charge on any atom is -0.494 e. The molecule has 0 amide bonds. The van der Waals surface area contributed by atoms with Crippen molar-refractivity contribution >= 4 is 0 Å². The van der Waals surface area contributed by atoms with Crippen LogP contribution < -0.4 is 4.74 Å². The summed E-state index contributed by atoms with van der Waals surface area (Å²) in [5, 5.41) is 10.4. The van der Waals surface area contributed by atoms with E-state index in [1.165, 1.54) is 0 Å². The SMILES string of the molecule is CCCOc1ccc(C(O)c2cncn2CC)cc1. The maximum Gasteiger partial charge on any atom is 0.121 e. The summed E-state index contributed by atoms with van der Waals surface area (Å²) in [4.78, 5) is 4.08. The highest BCUT2D eigenvalue weighted by atomic mass is 16.5. The molecular formula is C15H20N2O2. The van der Waals surface area contributed by atoms with E-state index in [0.717, 1.165) is 30.0 Å². The minimum atomic E-state index is -0.650. The summed E-state index contributed by atoms with van der Waals surface area (Å²) in [5.41, 5.74) is 1.66. The summed E-state index contributed by atoms with van der Waals surface area (Å²) in [5.74, 6) is 0.835. The molecular weight excluding hydrogens is 240 g/mol. The molecule has 4 heteroatoms. The fourth-order valence-electron chi connectivity index (χ4n) is 1.96. The third-order valence-electron chi connectivity index (χ3n) is 3.03. The lowest BCUT2D eigenvalue weighted by Gasteiger charge is -2.13. The van der Waals surface area contributed by atoms with Crippen LogP contribution in [-0.4, -0.2) is 21.3 Å². The van der Waals surface area contributed by atoms with Crippen LogP contribution in [0.3, 0.4) is 0 Å². The number of aromatic nitrogens is 2. The van der Waals surface area contributed by atoms with Crippen molar-refractivity contribution in [3.05, 3.63) is 48.0 Å². The summed E-state index contributed by atoms with van der Waals surface area (Å²) in [6, 6.07) is 7.56. The molecule has 1 atom stereocenters. The van der Waals surface area contributed by atoms with E-state index < -0.39 is 6.10 Å². The first-order chi connectivity index (χ1) is 9.26. The first-order valence-electron chi connectivity index (χ1n) is 6.67. The summed E-state index contributed by atoms with van der Waals surface area (Å²) in [6.45, 7) is 5.61. The van der Waals surface area contributed by atoms with Crippen molar-refractivity contribution in [2.45, 2.75) is 32.9 Å². The lowest BCUT2D eigenvalue weighted by atomic mass is 10.1. The van der Waals surface area contributed by atoms with Crippen LogP contribution in [0.25, 0.3) is 0 Å². The molecule has 1 N–H and O–H groups in total. The highest BCUT2D eigenvalue weighted by Crippen LogP contribution is 2.23. The van der Waals surface area contributed by atoms with Crippen LogP contribution in [0.1, 0.15) is 37.6 Å². The molecule has 2 rings (SSSR count). The van der Waals surface area contributed by atoms with Gasteiger partial charge in [-0.05, 0) is 31.0 Å². The Morgan fingerprint density at radius 2 is 2.00 bits per heavy atom. The van der Waals surface area contributed by atoms with Crippen molar-refractivity contribution in [1.82, 2.24) is 9.55 Å². The van der Waals surface area contributed by atoms with Gasteiger partial charge in [0.05, 0.1) is 24.8 Å². The molecule has 102 valence electrons. The summed E-state index contributed by atoms with van der Waals surface area (Å²) in [7, 11) is 0. The highest BCUT2D eigenvalue weighted by Gasteiger charge is 2.14. The van der Waals surface area contributed by atoms with Crippen LogP contribution >= 0.6 is 0 Å². The van der Waals surface area contributed by atoms with Crippen LogP contribution in [0.15, 0.2) is 36.8 Å². The number of nitrogens with zero attached hydrogens (tertiary/aromatic N) is 2.